The van der Waals surface area contributed by atoms with Crippen LogP contribution in [0.3, 0.4) is 0 Å². The van der Waals surface area contributed by atoms with Gasteiger partial charge in [0, 0.05) is 12.4 Å². The molecule has 2 rings (SSSR count). The van der Waals surface area contributed by atoms with Crippen LogP contribution in [0.4, 0.5) is 0 Å². The Balaban J connectivity index is 2.06. The van der Waals surface area contributed by atoms with E-state index in [1.165, 1.54) is 24.4 Å². The number of hydrazine groups is 1. The van der Waals surface area contributed by atoms with E-state index in [0.29, 0.717) is 5.56 Å². The molecule has 7 heteroatoms. The number of H-pyrrole nitrogens is 1. The Kier molecular flexibility index (Phi) is 3.68. The third-order valence-corrected chi connectivity index (χ3v) is 3.75. The first kappa shape index (κ1) is 13.3. The summed E-state index contributed by atoms with van der Waals surface area (Å²) in [7, 11) is -3.76. The Morgan fingerprint density at radius 3 is 2.42 bits per heavy atom. The molecule has 1 aromatic carbocycles. The first-order valence-electron chi connectivity index (χ1n) is 5.51. The molecule has 0 bridgehead atoms. The minimum Gasteiger partial charge on any atom is -0.367 e. The van der Waals surface area contributed by atoms with Crippen LogP contribution in [0.5, 0.6) is 0 Å². The van der Waals surface area contributed by atoms with Gasteiger partial charge in [0.05, 0.1) is 10.5 Å². The minimum absolute atomic E-state index is 0.0902. The van der Waals surface area contributed by atoms with E-state index in [-0.39, 0.29) is 4.90 Å². The molecule has 1 amide bonds. The van der Waals surface area contributed by atoms with Gasteiger partial charge < -0.3 is 4.98 Å². The van der Waals surface area contributed by atoms with Crippen molar-refractivity contribution in [1.29, 1.82) is 0 Å². The van der Waals surface area contributed by atoms with Gasteiger partial charge in [-0.05, 0) is 25.1 Å². The third kappa shape index (κ3) is 3.21. The average molecular weight is 279 g/mol. The molecule has 0 fully saturated rings. The summed E-state index contributed by atoms with van der Waals surface area (Å²) in [5.41, 5.74) is 3.43. The van der Waals surface area contributed by atoms with Crippen LogP contribution in [-0.2, 0) is 10.0 Å². The number of aryl methyl sites for hydroxylation is 1. The first-order valence-corrected chi connectivity index (χ1v) is 6.99. The standard InChI is InChI=1S/C12H13N3O3S/c1-9-2-4-11(5-3-9)19(17,18)15-14-12(16)10-6-7-13-8-10/h2-8,13,15H,1H3,(H,14,16). The number of rotatable bonds is 4. The number of carbonyl (C=O) groups is 1. The molecule has 0 aliphatic heterocycles. The summed E-state index contributed by atoms with van der Waals surface area (Å²) in [6.45, 7) is 1.86. The highest BCUT2D eigenvalue weighted by molar-refractivity contribution is 7.89. The molecule has 1 aromatic heterocycles. The quantitative estimate of drug-likeness (QED) is 0.728. The lowest BCUT2D eigenvalue weighted by molar-refractivity contribution is 0.0945. The van der Waals surface area contributed by atoms with Crippen LogP contribution in [0.2, 0.25) is 0 Å². The van der Waals surface area contributed by atoms with Gasteiger partial charge >= 0.3 is 0 Å². The third-order valence-electron chi connectivity index (χ3n) is 2.49. The van der Waals surface area contributed by atoms with Crippen LogP contribution >= 0.6 is 0 Å². The maximum absolute atomic E-state index is 11.9. The van der Waals surface area contributed by atoms with E-state index in [1.807, 2.05) is 11.8 Å². The van der Waals surface area contributed by atoms with Gasteiger partial charge in [-0.25, -0.2) is 8.42 Å². The Morgan fingerprint density at radius 2 is 1.84 bits per heavy atom. The maximum Gasteiger partial charge on any atom is 0.267 e. The van der Waals surface area contributed by atoms with E-state index >= 15 is 0 Å². The smallest absolute Gasteiger partial charge is 0.267 e. The van der Waals surface area contributed by atoms with Crippen molar-refractivity contribution >= 4 is 15.9 Å². The van der Waals surface area contributed by atoms with Gasteiger partial charge in [0.2, 0.25) is 0 Å². The van der Waals surface area contributed by atoms with Crippen LogP contribution in [0.1, 0.15) is 15.9 Å². The fraction of sp³-hybridized carbons (Fsp3) is 0.0833. The Labute approximate surface area is 110 Å². The van der Waals surface area contributed by atoms with Crippen LogP contribution in [0, 0.1) is 6.92 Å². The highest BCUT2D eigenvalue weighted by atomic mass is 32.2. The fourth-order valence-electron chi connectivity index (χ4n) is 1.43. The van der Waals surface area contributed by atoms with Gasteiger partial charge in [0.25, 0.3) is 15.9 Å². The topological polar surface area (TPSA) is 91.1 Å². The highest BCUT2D eigenvalue weighted by Crippen LogP contribution is 2.09. The number of aromatic amines is 1. The van der Waals surface area contributed by atoms with Gasteiger partial charge in [-0.3, -0.25) is 10.2 Å². The molecule has 2 aromatic rings. The largest absolute Gasteiger partial charge is 0.367 e. The predicted octanol–water partition coefficient (Wildman–Crippen LogP) is 0.946. The van der Waals surface area contributed by atoms with Gasteiger partial charge in [0.15, 0.2) is 0 Å². The second kappa shape index (κ2) is 5.25. The Bertz CT molecular complexity index is 661. The zero-order valence-corrected chi connectivity index (χ0v) is 11.0. The summed E-state index contributed by atoms with van der Waals surface area (Å²) in [6, 6.07) is 7.85. The molecule has 100 valence electrons. The van der Waals surface area contributed by atoms with Gasteiger partial charge in [-0.1, -0.05) is 17.7 Å². The molecule has 0 unspecified atom stereocenters. The van der Waals surface area contributed by atoms with Gasteiger partial charge in [0.1, 0.15) is 0 Å². The van der Waals surface area contributed by atoms with E-state index in [0.717, 1.165) is 5.56 Å². The van der Waals surface area contributed by atoms with Crippen molar-refractivity contribution in [1.82, 2.24) is 15.2 Å². The lowest BCUT2D eigenvalue weighted by Crippen LogP contribution is -2.41. The summed E-state index contributed by atoms with van der Waals surface area (Å²) in [5.74, 6) is -0.531. The van der Waals surface area contributed by atoms with Crippen molar-refractivity contribution in [3.05, 3.63) is 53.9 Å². The molecule has 0 spiro atoms. The van der Waals surface area contributed by atoms with Crippen molar-refractivity contribution in [3.8, 4) is 0 Å². The monoisotopic (exact) mass is 279 g/mol. The molecule has 0 saturated carbocycles. The summed E-state index contributed by atoms with van der Waals surface area (Å²) in [4.78, 5) is 16.4. The summed E-state index contributed by atoms with van der Waals surface area (Å²) >= 11 is 0. The van der Waals surface area contributed by atoms with Crippen molar-refractivity contribution in [3.63, 3.8) is 0 Å². The number of sulfonamides is 1. The number of carbonyl (C=O) groups excluding carboxylic acids is 1. The molecule has 0 saturated heterocycles. The molecule has 1 heterocycles. The van der Waals surface area contributed by atoms with Crippen molar-refractivity contribution in [2.24, 2.45) is 0 Å². The second-order valence-corrected chi connectivity index (χ2v) is 5.65. The first-order chi connectivity index (χ1) is 8.99. The van der Waals surface area contributed by atoms with Crippen molar-refractivity contribution in [2.75, 3.05) is 0 Å². The van der Waals surface area contributed by atoms with E-state index in [2.05, 4.69) is 10.4 Å². The molecular weight excluding hydrogens is 266 g/mol. The molecule has 0 radical (unpaired) electrons. The predicted molar refractivity (Wildman–Crippen MR) is 69.8 cm³/mol. The minimum atomic E-state index is -3.76. The van der Waals surface area contributed by atoms with Crippen LogP contribution in [0.25, 0.3) is 0 Å². The highest BCUT2D eigenvalue weighted by Gasteiger charge is 2.15. The zero-order chi connectivity index (χ0) is 13.9. The van der Waals surface area contributed by atoms with Gasteiger partial charge in [-0.15, -0.1) is 4.83 Å². The van der Waals surface area contributed by atoms with E-state index < -0.39 is 15.9 Å². The van der Waals surface area contributed by atoms with Crippen LogP contribution in [-0.4, -0.2) is 19.3 Å². The van der Waals surface area contributed by atoms with E-state index in [9.17, 15) is 13.2 Å². The summed E-state index contributed by atoms with van der Waals surface area (Å²) in [5, 5.41) is 0. The molecule has 0 aliphatic rings. The van der Waals surface area contributed by atoms with Gasteiger partial charge in [-0.2, -0.15) is 0 Å². The zero-order valence-electron chi connectivity index (χ0n) is 10.2. The Hall–Kier alpha value is -2.12. The number of amides is 1. The molecular formula is C12H13N3O3S. The molecule has 0 atom stereocenters. The normalized spacial score (nSPS) is 11.2. The van der Waals surface area contributed by atoms with E-state index in [4.69, 9.17) is 0 Å². The van der Waals surface area contributed by atoms with Crippen molar-refractivity contribution < 1.29 is 13.2 Å². The molecule has 19 heavy (non-hydrogen) atoms. The summed E-state index contributed by atoms with van der Waals surface area (Å²) in [6.07, 6.45) is 3.04. The number of hydrogen-bond donors (Lipinski definition) is 3. The summed E-state index contributed by atoms with van der Waals surface area (Å²) < 4.78 is 23.8. The number of benzene rings is 1. The lowest BCUT2D eigenvalue weighted by Gasteiger charge is -2.07. The maximum atomic E-state index is 11.9. The molecule has 0 aliphatic carbocycles. The number of aromatic nitrogens is 1. The van der Waals surface area contributed by atoms with Crippen LogP contribution < -0.4 is 10.3 Å². The lowest BCUT2D eigenvalue weighted by atomic mass is 10.2. The molecule has 3 N–H and O–H groups in total. The SMILES string of the molecule is Cc1ccc(S(=O)(=O)NNC(=O)c2cc[nH]c2)cc1. The van der Waals surface area contributed by atoms with E-state index in [1.54, 1.807) is 18.3 Å². The van der Waals surface area contributed by atoms with Crippen LogP contribution in [0.15, 0.2) is 47.6 Å². The Morgan fingerprint density at radius 1 is 1.16 bits per heavy atom. The van der Waals surface area contributed by atoms with Crippen molar-refractivity contribution in [2.45, 2.75) is 11.8 Å². The average Bonchev–Trinajstić information content (AvgIpc) is 2.90. The second-order valence-electron chi connectivity index (χ2n) is 3.97. The number of hydrogen-bond acceptors (Lipinski definition) is 3. The fourth-order valence-corrected chi connectivity index (χ4v) is 2.27. The number of nitrogens with one attached hydrogen (secondary N) is 3. The molecule has 6 nitrogen and oxygen atoms in total.